The van der Waals surface area contributed by atoms with Gasteiger partial charge >= 0.3 is 0 Å². The molecule has 0 spiro atoms. The summed E-state index contributed by atoms with van der Waals surface area (Å²) < 4.78 is 0. The molecule has 0 unspecified atom stereocenters. The number of halogens is 2. The molecule has 0 saturated carbocycles. The zero-order valence-electron chi connectivity index (χ0n) is 21.7. The van der Waals surface area contributed by atoms with Gasteiger partial charge in [-0.25, -0.2) is 0 Å². The fourth-order valence-electron chi connectivity index (χ4n) is 5.11. The van der Waals surface area contributed by atoms with Crippen molar-refractivity contribution >= 4 is 52.0 Å². The third-order valence-electron chi connectivity index (χ3n) is 6.70. The van der Waals surface area contributed by atoms with Crippen molar-refractivity contribution in [2.45, 2.75) is 78.8 Å². The van der Waals surface area contributed by atoms with Crippen LogP contribution in [0.1, 0.15) is 72.9 Å². The van der Waals surface area contributed by atoms with E-state index in [-0.39, 0.29) is 0 Å². The van der Waals surface area contributed by atoms with E-state index in [1.165, 1.54) is 0 Å². The molecule has 3 aromatic carbocycles. The first-order valence-electron chi connectivity index (χ1n) is 12.2. The second-order valence-corrected chi connectivity index (χ2v) is 16.2. The lowest BCUT2D eigenvalue weighted by atomic mass is 9.92. The van der Waals surface area contributed by atoms with Crippen LogP contribution < -0.4 is 0 Å². The number of rotatable bonds is 4. The van der Waals surface area contributed by atoms with Crippen molar-refractivity contribution in [1.29, 1.82) is 0 Å². The van der Waals surface area contributed by atoms with Crippen molar-refractivity contribution in [2.75, 3.05) is 0 Å². The van der Waals surface area contributed by atoms with Crippen molar-refractivity contribution in [2.24, 2.45) is 5.92 Å². The maximum absolute atomic E-state index is 6.51. The van der Waals surface area contributed by atoms with Gasteiger partial charge in [0.25, 0.3) is 0 Å². The van der Waals surface area contributed by atoms with Gasteiger partial charge in [-0.2, -0.15) is 0 Å². The topological polar surface area (TPSA) is 0 Å². The molecule has 0 aliphatic carbocycles. The van der Waals surface area contributed by atoms with E-state index < -0.39 is 7.26 Å². The Morgan fingerprint density at radius 3 is 1.50 bits per heavy atom. The van der Waals surface area contributed by atoms with Gasteiger partial charge < -0.3 is 0 Å². The summed E-state index contributed by atoms with van der Waals surface area (Å²) in [6, 6.07) is 12.1. The first-order chi connectivity index (χ1) is 16.0. The SMILES string of the molecule is CC(C)CC#Cc1c2ccc(Cl)cc2c(C#C[P+](C(C)C)(C(C)C)C(C)C)c2ccc(Cl)cc12. The van der Waals surface area contributed by atoms with Crippen LogP contribution in [0.2, 0.25) is 10.0 Å². The predicted molar refractivity (Wildman–Crippen MR) is 157 cm³/mol. The molecule has 0 aliphatic rings. The summed E-state index contributed by atoms with van der Waals surface area (Å²) >= 11 is 13.0. The quantitative estimate of drug-likeness (QED) is 0.186. The molecule has 0 amide bonds. The summed E-state index contributed by atoms with van der Waals surface area (Å²) in [5.41, 5.74) is 7.55. The smallest absolute Gasteiger partial charge is 0.0976 e. The summed E-state index contributed by atoms with van der Waals surface area (Å²) in [6.45, 7) is 18.4. The van der Waals surface area contributed by atoms with Gasteiger partial charge in [-0.1, -0.05) is 61.0 Å². The summed E-state index contributed by atoms with van der Waals surface area (Å²) in [7, 11) is -1.54. The lowest BCUT2D eigenvalue weighted by molar-refractivity contribution is 0.676. The molecule has 0 radical (unpaired) electrons. The molecule has 3 aromatic rings. The minimum absolute atomic E-state index is 0.522. The largest absolute Gasteiger partial charge is 0.0997 e. The first kappa shape index (κ1) is 26.9. The maximum Gasteiger partial charge on any atom is 0.0997 e. The van der Waals surface area contributed by atoms with Gasteiger partial charge in [0.1, 0.15) is 0 Å². The monoisotopic (exact) mass is 509 g/mol. The average molecular weight is 511 g/mol. The third kappa shape index (κ3) is 5.27. The molecule has 0 bridgehead atoms. The first-order valence-corrected chi connectivity index (χ1v) is 15.0. The predicted octanol–water partition coefficient (Wildman–Crippen LogP) is 10.2. The molecule has 34 heavy (non-hydrogen) atoms. The molecule has 0 nitrogen and oxygen atoms in total. The van der Waals surface area contributed by atoms with E-state index in [4.69, 9.17) is 23.2 Å². The second-order valence-electron chi connectivity index (χ2n) is 10.4. The fraction of sp³-hybridized carbons (Fsp3) is 0.419. The van der Waals surface area contributed by atoms with Crippen LogP contribution in [0, 0.1) is 29.3 Å². The summed E-state index contributed by atoms with van der Waals surface area (Å²) in [5, 5.41) is 5.73. The van der Waals surface area contributed by atoms with E-state index in [2.05, 4.69) is 90.9 Å². The molecule has 0 atom stereocenters. The highest BCUT2D eigenvalue weighted by atomic mass is 35.5. The molecule has 0 N–H and O–H groups in total. The highest BCUT2D eigenvalue weighted by Gasteiger charge is 2.47. The van der Waals surface area contributed by atoms with Gasteiger partial charge in [0.2, 0.25) is 0 Å². The normalized spacial score (nSPS) is 11.9. The Morgan fingerprint density at radius 1 is 0.647 bits per heavy atom. The Labute approximate surface area is 217 Å². The minimum Gasteiger partial charge on any atom is -0.0976 e. The molecule has 0 heterocycles. The van der Waals surface area contributed by atoms with Gasteiger partial charge in [-0.05, 0) is 88.4 Å². The second kappa shape index (κ2) is 10.9. The van der Waals surface area contributed by atoms with Crippen LogP contribution >= 0.6 is 30.5 Å². The van der Waals surface area contributed by atoms with E-state index in [9.17, 15) is 0 Å². The number of benzene rings is 3. The van der Waals surface area contributed by atoms with Gasteiger partial charge in [-0.15, -0.1) is 0 Å². The number of hydrogen-bond acceptors (Lipinski definition) is 0. The summed E-state index contributed by atoms with van der Waals surface area (Å²) in [6.07, 6.45) is 0.850. The Morgan fingerprint density at radius 2 is 1.09 bits per heavy atom. The molecule has 0 fully saturated rings. The van der Waals surface area contributed by atoms with Gasteiger partial charge in [0.15, 0.2) is 0 Å². The lowest BCUT2D eigenvalue weighted by Crippen LogP contribution is -2.21. The van der Waals surface area contributed by atoms with E-state index >= 15 is 0 Å². The Kier molecular flexibility index (Phi) is 8.65. The van der Waals surface area contributed by atoms with E-state index in [0.717, 1.165) is 39.1 Å². The molecular weight excluding hydrogens is 474 g/mol. The van der Waals surface area contributed by atoms with E-state index in [1.807, 2.05) is 24.3 Å². The minimum atomic E-state index is -1.54. The van der Waals surface area contributed by atoms with Gasteiger partial charge in [0.05, 0.1) is 29.9 Å². The number of fused-ring (bicyclic) bond motifs is 2. The van der Waals surface area contributed by atoms with E-state index in [1.54, 1.807) is 0 Å². The standard InChI is InChI=1S/C31H36Cl2P/c1-20(2)10-9-11-26-27-14-12-25(33)19-31(27)29(28-15-13-24(32)18-30(26)28)16-17-34(21(3)4,22(5)6)23(7)8/h12-15,18-23H,10H2,1-8H3/q+1. The van der Waals surface area contributed by atoms with Gasteiger partial charge in [0, 0.05) is 38.4 Å². The summed E-state index contributed by atoms with van der Waals surface area (Å²) in [5.74, 6) is 11.1. The maximum atomic E-state index is 6.51. The molecule has 3 rings (SSSR count). The van der Waals surface area contributed by atoms with Crippen molar-refractivity contribution in [3.63, 3.8) is 0 Å². The Hall–Kier alpha value is -1.69. The summed E-state index contributed by atoms with van der Waals surface area (Å²) in [4.78, 5) is 0. The highest BCUT2D eigenvalue weighted by Crippen LogP contribution is 2.69. The molecule has 178 valence electrons. The molecule has 0 aromatic heterocycles. The lowest BCUT2D eigenvalue weighted by Gasteiger charge is -2.32. The molecule has 3 heteroatoms. The van der Waals surface area contributed by atoms with E-state index in [0.29, 0.717) is 32.9 Å². The van der Waals surface area contributed by atoms with Crippen LogP contribution in [0.15, 0.2) is 36.4 Å². The zero-order chi connectivity index (χ0) is 25.2. The molecule has 0 aliphatic heterocycles. The Bertz CT molecular complexity index is 1300. The van der Waals surface area contributed by atoms with Crippen LogP contribution in [0.3, 0.4) is 0 Å². The van der Waals surface area contributed by atoms with Crippen molar-refractivity contribution in [3.05, 3.63) is 57.6 Å². The molecular formula is C31H36Cl2P+. The van der Waals surface area contributed by atoms with Crippen molar-refractivity contribution < 1.29 is 0 Å². The fourth-order valence-corrected chi connectivity index (χ4v) is 10.1. The van der Waals surface area contributed by atoms with Crippen molar-refractivity contribution in [1.82, 2.24) is 0 Å². The Balaban J connectivity index is 2.46. The zero-order valence-corrected chi connectivity index (χ0v) is 24.1. The van der Waals surface area contributed by atoms with Crippen LogP contribution in [-0.4, -0.2) is 17.0 Å². The molecule has 0 saturated heterocycles. The van der Waals surface area contributed by atoms with Crippen LogP contribution in [0.5, 0.6) is 0 Å². The highest BCUT2D eigenvalue weighted by molar-refractivity contribution is 7.82. The van der Waals surface area contributed by atoms with Crippen LogP contribution in [0.4, 0.5) is 0 Å². The average Bonchev–Trinajstić information content (AvgIpc) is 2.74. The van der Waals surface area contributed by atoms with Crippen LogP contribution in [0.25, 0.3) is 21.5 Å². The third-order valence-corrected chi connectivity index (χ3v) is 12.8. The van der Waals surface area contributed by atoms with Crippen LogP contribution in [-0.2, 0) is 0 Å². The number of hydrogen-bond donors (Lipinski definition) is 0. The van der Waals surface area contributed by atoms with Gasteiger partial charge in [-0.3, -0.25) is 0 Å². The van der Waals surface area contributed by atoms with Crippen molar-refractivity contribution in [3.8, 4) is 23.4 Å².